The van der Waals surface area contributed by atoms with Gasteiger partial charge in [0, 0.05) is 71.2 Å². The van der Waals surface area contributed by atoms with Gasteiger partial charge >= 0.3 is 0 Å². The van der Waals surface area contributed by atoms with Gasteiger partial charge in [-0.05, 0) is 97.9 Å². The third-order valence-electron chi connectivity index (χ3n) is 8.91. The molecule has 4 aromatic heterocycles. The molecule has 0 radical (unpaired) electrons. The molecule has 0 saturated carbocycles. The number of aromatic nitrogens is 4. The molecule has 1 aliphatic rings. The molecular weight excluding hydrogens is 440 g/mol. The molecule has 4 nitrogen and oxygen atoms in total. The van der Waals surface area contributed by atoms with E-state index >= 15 is 0 Å². The minimum Gasteiger partial charge on any atom is -0.362 e. The molecule has 36 heavy (non-hydrogen) atoms. The van der Waals surface area contributed by atoms with Gasteiger partial charge in [-0.3, -0.25) is 0 Å². The maximum Gasteiger partial charge on any atom is 0.0284 e. The summed E-state index contributed by atoms with van der Waals surface area (Å²) in [5.74, 6) is 0. The van der Waals surface area contributed by atoms with Crippen molar-refractivity contribution in [2.75, 3.05) is 0 Å². The molecule has 4 heterocycles. The first-order chi connectivity index (χ1) is 17.3. The second-order valence-corrected chi connectivity index (χ2v) is 10.9. The number of hydrogen-bond acceptors (Lipinski definition) is 0. The van der Waals surface area contributed by atoms with E-state index < -0.39 is 0 Å². The number of rotatable bonds is 8. The van der Waals surface area contributed by atoms with Crippen molar-refractivity contribution in [3.63, 3.8) is 0 Å². The summed E-state index contributed by atoms with van der Waals surface area (Å²) in [5.41, 5.74) is 23.1. The van der Waals surface area contributed by atoms with E-state index in [0.29, 0.717) is 0 Å². The van der Waals surface area contributed by atoms with Crippen LogP contribution in [0.1, 0.15) is 118 Å². The number of aromatic amines is 4. The maximum absolute atomic E-state index is 3.82. The van der Waals surface area contributed by atoms with Gasteiger partial charge < -0.3 is 19.9 Å². The first kappa shape index (κ1) is 24.8. The highest BCUT2D eigenvalue weighted by atomic mass is 14.8. The van der Waals surface area contributed by atoms with Crippen LogP contribution in [0.3, 0.4) is 0 Å². The molecule has 0 spiro atoms. The molecule has 192 valence electrons. The standard InChI is InChI=1S/C32H44N4/c1-9-21-17(5)33-29(23(21)11-3)15-31-27-13-26-20(8)36-32(28(26)14-25(27)19(7)35-31)16-30-24(12-4)22(10-2)18(6)34-30/h33-36H,9-16H2,1-8H3. The van der Waals surface area contributed by atoms with Gasteiger partial charge in [0.15, 0.2) is 0 Å². The molecule has 0 saturated heterocycles. The van der Waals surface area contributed by atoms with Crippen LogP contribution in [-0.4, -0.2) is 19.9 Å². The molecule has 0 amide bonds. The van der Waals surface area contributed by atoms with Gasteiger partial charge in [-0.15, -0.1) is 0 Å². The Bertz CT molecular complexity index is 1310. The van der Waals surface area contributed by atoms with Crippen molar-refractivity contribution in [1.29, 1.82) is 0 Å². The highest BCUT2D eigenvalue weighted by molar-refractivity contribution is 5.55. The Morgan fingerprint density at radius 3 is 1.08 bits per heavy atom. The molecule has 4 N–H and O–H groups in total. The fourth-order valence-corrected chi connectivity index (χ4v) is 7.17. The number of fused-ring (bicyclic) bond motifs is 2. The van der Waals surface area contributed by atoms with Gasteiger partial charge in [-0.25, -0.2) is 0 Å². The second-order valence-electron chi connectivity index (χ2n) is 10.9. The summed E-state index contributed by atoms with van der Waals surface area (Å²) >= 11 is 0. The Morgan fingerprint density at radius 1 is 0.417 bits per heavy atom. The summed E-state index contributed by atoms with van der Waals surface area (Å²) in [6.45, 7) is 18.1. The van der Waals surface area contributed by atoms with Crippen molar-refractivity contribution >= 4 is 0 Å². The Balaban J connectivity index is 1.48. The molecular formula is C32H44N4. The molecule has 0 aromatic carbocycles. The normalized spacial score (nSPS) is 12.9. The number of nitrogens with one attached hydrogen (secondary N) is 4. The zero-order valence-electron chi connectivity index (χ0n) is 23.7. The highest BCUT2D eigenvalue weighted by Gasteiger charge is 2.28. The van der Waals surface area contributed by atoms with E-state index in [9.17, 15) is 0 Å². The summed E-state index contributed by atoms with van der Waals surface area (Å²) in [5, 5.41) is 0. The fraction of sp³-hybridized carbons (Fsp3) is 0.500. The Labute approximate surface area is 216 Å². The van der Waals surface area contributed by atoms with Gasteiger partial charge in [0.05, 0.1) is 0 Å². The van der Waals surface area contributed by atoms with Gasteiger partial charge in [0.2, 0.25) is 0 Å². The molecule has 4 heteroatoms. The molecule has 5 rings (SSSR count). The fourth-order valence-electron chi connectivity index (χ4n) is 7.17. The smallest absolute Gasteiger partial charge is 0.0284 e. The maximum atomic E-state index is 3.82. The van der Waals surface area contributed by atoms with Crippen molar-refractivity contribution in [2.24, 2.45) is 0 Å². The third-order valence-corrected chi connectivity index (χ3v) is 8.91. The highest BCUT2D eigenvalue weighted by Crippen LogP contribution is 2.37. The Kier molecular flexibility index (Phi) is 6.57. The van der Waals surface area contributed by atoms with Crippen LogP contribution in [0.25, 0.3) is 0 Å². The van der Waals surface area contributed by atoms with Crippen LogP contribution < -0.4 is 0 Å². The van der Waals surface area contributed by atoms with Crippen molar-refractivity contribution in [3.8, 4) is 0 Å². The van der Waals surface area contributed by atoms with E-state index in [4.69, 9.17) is 0 Å². The molecule has 0 aliphatic heterocycles. The van der Waals surface area contributed by atoms with Crippen LogP contribution in [0, 0.1) is 27.7 Å². The average molecular weight is 485 g/mol. The first-order valence-corrected chi connectivity index (χ1v) is 14.1. The topological polar surface area (TPSA) is 63.2 Å². The average Bonchev–Trinajstić information content (AvgIpc) is 3.54. The zero-order chi connectivity index (χ0) is 25.7. The summed E-state index contributed by atoms with van der Waals surface area (Å²) in [4.78, 5) is 15.1. The summed E-state index contributed by atoms with van der Waals surface area (Å²) in [6.07, 6.45) is 8.36. The molecule has 4 aromatic rings. The van der Waals surface area contributed by atoms with E-state index in [1.807, 2.05) is 0 Å². The lowest BCUT2D eigenvalue weighted by Gasteiger charge is -2.17. The van der Waals surface area contributed by atoms with E-state index in [-0.39, 0.29) is 0 Å². The zero-order valence-corrected chi connectivity index (χ0v) is 23.7. The lowest BCUT2D eigenvalue weighted by atomic mass is 9.85. The van der Waals surface area contributed by atoms with Crippen molar-refractivity contribution in [3.05, 3.63) is 90.1 Å². The van der Waals surface area contributed by atoms with Gasteiger partial charge in [0.1, 0.15) is 0 Å². The molecule has 1 aliphatic carbocycles. The Hall–Kier alpha value is -2.88. The SMILES string of the molecule is CCc1c(C)[nH]c(Cc2[nH]c(C)c3c2Cc2c(C)[nH]c(Cc4[nH]c(C)c(CC)c4CC)c2C3)c1CC. The van der Waals surface area contributed by atoms with E-state index in [0.717, 1.165) is 51.4 Å². The quantitative estimate of drug-likeness (QED) is 0.181. The molecule has 0 fully saturated rings. The van der Waals surface area contributed by atoms with Crippen LogP contribution in [0.5, 0.6) is 0 Å². The number of H-pyrrole nitrogens is 4. The lowest BCUT2D eigenvalue weighted by Crippen LogP contribution is -2.09. The van der Waals surface area contributed by atoms with Gasteiger partial charge in [0.25, 0.3) is 0 Å². The largest absolute Gasteiger partial charge is 0.362 e. The molecule has 0 unspecified atom stereocenters. The van der Waals surface area contributed by atoms with Crippen molar-refractivity contribution in [2.45, 2.75) is 107 Å². The number of aryl methyl sites for hydroxylation is 4. The predicted molar refractivity (Wildman–Crippen MR) is 151 cm³/mol. The monoisotopic (exact) mass is 484 g/mol. The van der Waals surface area contributed by atoms with Crippen LogP contribution in [0.4, 0.5) is 0 Å². The van der Waals surface area contributed by atoms with Crippen LogP contribution >= 0.6 is 0 Å². The van der Waals surface area contributed by atoms with Crippen LogP contribution in [0.15, 0.2) is 0 Å². The van der Waals surface area contributed by atoms with Crippen LogP contribution in [-0.2, 0) is 51.4 Å². The second kappa shape index (κ2) is 9.53. The van der Waals surface area contributed by atoms with E-state index in [1.165, 1.54) is 90.1 Å². The summed E-state index contributed by atoms with van der Waals surface area (Å²) < 4.78 is 0. The first-order valence-electron chi connectivity index (χ1n) is 14.1. The Morgan fingerprint density at radius 2 is 0.750 bits per heavy atom. The van der Waals surface area contributed by atoms with Crippen molar-refractivity contribution < 1.29 is 0 Å². The van der Waals surface area contributed by atoms with Gasteiger partial charge in [-0.1, -0.05) is 27.7 Å². The molecule has 0 bridgehead atoms. The summed E-state index contributed by atoms with van der Waals surface area (Å²) in [6, 6.07) is 0. The minimum absolute atomic E-state index is 0.966. The van der Waals surface area contributed by atoms with Crippen LogP contribution in [0.2, 0.25) is 0 Å². The third kappa shape index (κ3) is 3.90. The predicted octanol–water partition coefficient (Wildman–Crippen LogP) is 7.16. The lowest BCUT2D eigenvalue weighted by molar-refractivity contribution is 0.937. The van der Waals surface area contributed by atoms with E-state index in [1.54, 1.807) is 0 Å². The van der Waals surface area contributed by atoms with Gasteiger partial charge in [-0.2, -0.15) is 0 Å². The molecule has 0 atom stereocenters. The van der Waals surface area contributed by atoms with E-state index in [2.05, 4.69) is 75.3 Å². The van der Waals surface area contributed by atoms with Crippen molar-refractivity contribution in [1.82, 2.24) is 19.9 Å². The number of hydrogen-bond donors (Lipinski definition) is 4. The summed E-state index contributed by atoms with van der Waals surface area (Å²) in [7, 11) is 0. The minimum atomic E-state index is 0.966.